The molecule has 5 heteroatoms. The van der Waals surface area contributed by atoms with Crippen molar-refractivity contribution in [1.82, 2.24) is 5.32 Å². The standard InChI is InChI=1S/C10H14ClNO2S/c1-15(14)6-5-12-7-8-3-2-4-9(11)10(8)13/h2-4,12-13H,5-7H2,1H3. The Kier molecular flexibility index (Phi) is 5.08. The van der Waals surface area contributed by atoms with Crippen LogP contribution in [0.4, 0.5) is 0 Å². The van der Waals surface area contributed by atoms with E-state index in [4.69, 9.17) is 11.6 Å². The Morgan fingerprint density at radius 2 is 2.27 bits per heavy atom. The zero-order valence-electron chi connectivity index (χ0n) is 8.50. The maximum atomic E-state index is 10.8. The van der Waals surface area contributed by atoms with E-state index < -0.39 is 10.8 Å². The monoisotopic (exact) mass is 247 g/mol. The molecule has 0 fully saturated rings. The molecule has 0 amide bonds. The van der Waals surface area contributed by atoms with E-state index in [2.05, 4.69) is 5.32 Å². The SMILES string of the molecule is CS(=O)CCNCc1cccc(Cl)c1O. The molecule has 2 N–H and O–H groups in total. The van der Waals surface area contributed by atoms with Gasteiger partial charge in [0.2, 0.25) is 0 Å². The van der Waals surface area contributed by atoms with E-state index in [1.165, 1.54) is 0 Å². The molecule has 0 aliphatic carbocycles. The number of aromatic hydroxyl groups is 1. The Labute approximate surface area is 96.9 Å². The average molecular weight is 248 g/mol. The number of hydrogen-bond donors (Lipinski definition) is 2. The van der Waals surface area contributed by atoms with Gasteiger partial charge in [0.15, 0.2) is 0 Å². The van der Waals surface area contributed by atoms with E-state index in [1.54, 1.807) is 24.5 Å². The second-order valence-electron chi connectivity index (χ2n) is 3.20. The van der Waals surface area contributed by atoms with Gasteiger partial charge in [-0.05, 0) is 6.07 Å². The van der Waals surface area contributed by atoms with Gasteiger partial charge in [0.25, 0.3) is 0 Å². The second kappa shape index (κ2) is 6.10. The van der Waals surface area contributed by atoms with Crippen LogP contribution in [0.3, 0.4) is 0 Å². The topological polar surface area (TPSA) is 49.3 Å². The van der Waals surface area contributed by atoms with Crippen molar-refractivity contribution in [1.29, 1.82) is 0 Å². The van der Waals surface area contributed by atoms with Crippen molar-refractivity contribution in [3.63, 3.8) is 0 Å². The highest BCUT2D eigenvalue weighted by atomic mass is 35.5. The van der Waals surface area contributed by atoms with Gasteiger partial charge in [0, 0.05) is 41.5 Å². The number of phenolic OH excluding ortho intramolecular Hbond substituents is 1. The molecule has 0 saturated carbocycles. The fourth-order valence-electron chi connectivity index (χ4n) is 1.14. The number of nitrogens with one attached hydrogen (secondary N) is 1. The van der Waals surface area contributed by atoms with Crippen LogP contribution < -0.4 is 5.32 Å². The Hall–Kier alpha value is -0.580. The highest BCUT2D eigenvalue weighted by Crippen LogP contribution is 2.26. The summed E-state index contributed by atoms with van der Waals surface area (Å²) >= 11 is 5.75. The molecule has 1 atom stereocenters. The third-order valence-electron chi connectivity index (χ3n) is 1.95. The van der Waals surface area contributed by atoms with Crippen LogP contribution in [-0.2, 0) is 17.3 Å². The molecular formula is C10H14ClNO2S. The summed E-state index contributed by atoms with van der Waals surface area (Å²) in [5.41, 5.74) is 0.754. The van der Waals surface area contributed by atoms with Gasteiger partial charge in [-0.1, -0.05) is 23.7 Å². The normalized spacial score (nSPS) is 12.7. The molecule has 0 radical (unpaired) electrons. The van der Waals surface area contributed by atoms with Gasteiger partial charge >= 0.3 is 0 Å². The number of rotatable bonds is 5. The molecule has 0 aliphatic heterocycles. The predicted octanol–water partition coefficient (Wildman–Crippen LogP) is 1.51. The first kappa shape index (κ1) is 12.5. The minimum Gasteiger partial charge on any atom is -0.506 e. The highest BCUT2D eigenvalue weighted by molar-refractivity contribution is 7.84. The summed E-state index contributed by atoms with van der Waals surface area (Å²) in [5.74, 6) is 0.728. The smallest absolute Gasteiger partial charge is 0.138 e. The lowest BCUT2D eigenvalue weighted by Gasteiger charge is -2.06. The van der Waals surface area contributed by atoms with Gasteiger partial charge in [-0.2, -0.15) is 0 Å². The van der Waals surface area contributed by atoms with Crippen molar-refractivity contribution in [2.45, 2.75) is 6.54 Å². The van der Waals surface area contributed by atoms with Crippen molar-refractivity contribution in [2.24, 2.45) is 0 Å². The number of benzene rings is 1. The minimum absolute atomic E-state index is 0.115. The molecule has 0 saturated heterocycles. The zero-order valence-corrected chi connectivity index (χ0v) is 10.1. The average Bonchev–Trinajstić information content (AvgIpc) is 2.18. The van der Waals surface area contributed by atoms with Gasteiger partial charge < -0.3 is 10.4 Å². The maximum Gasteiger partial charge on any atom is 0.138 e. The quantitative estimate of drug-likeness (QED) is 0.776. The van der Waals surface area contributed by atoms with Crippen molar-refractivity contribution in [3.05, 3.63) is 28.8 Å². The summed E-state index contributed by atoms with van der Waals surface area (Å²) in [6.07, 6.45) is 1.67. The minimum atomic E-state index is -0.784. The molecule has 0 aliphatic rings. The Bertz CT molecular complexity index is 357. The first-order valence-electron chi connectivity index (χ1n) is 4.58. The highest BCUT2D eigenvalue weighted by Gasteiger charge is 2.03. The Morgan fingerprint density at radius 3 is 2.93 bits per heavy atom. The molecule has 3 nitrogen and oxygen atoms in total. The number of phenols is 1. The predicted molar refractivity (Wildman–Crippen MR) is 63.8 cm³/mol. The lowest BCUT2D eigenvalue weighted by molar-refractivity contribution is 0.465. The van der Waals surface area contributed by atoms with Gasteiger partial charge in [-0.15, -0.1) is 0 Å². The summed E-state index contributed by atoms with van der Waals surface area (Å²) in [6.45, 7) is 1.19. The van der Waals surface area contributed by atoms with Gasteiger partial charge in [0.05, 0.1) is 5.02 Å². The summed E-state index contributed by atoms with van der Waals surface area (Å²) in [5, 5.41) is 13.0. The number of para-hydroxylation sites is 1. The molecule has 1 aromatic rings. The zero-order chi connectivity index (χ0) is 11.3. The van der Waals surface area contributed by atoms with Crippen LogP contribution >= 0.6 is 11.6 Å². The van der Waals surface area contributed by atoms with Crippen molar-refractivity contribution in [2.75, 3.05) is 18.6 Å². The fraction of sp³-hybridized carbons (Fsp3) is 0.400. The molecule has 0 heterocycles. The molecule has 0 spiro atoms. The number of halogens is 1. The molecular weight excluding hydrogens is 234 g/mol. The summed E-state index contributed by atoms with van der Waals surface area (Å²) < 4.78 is 10.8. The molecule has 1 aromatic carbocycles. The Morgan fingerprint density at radius 1 is 1.53 bits per heavy atom. The second-order valence-corrected chi connectivity index (χ2v) is 5.16. The summed E-state index contributed by atoms with van der Waals surface area (Å²) in [6, 6.07) is 5.23. The van der Waals surface area contributed by atoms with Crippen molar-refractivity contribution >= 4 is 22.4 Å². The van der Waals surface area contributed by atoms with Crippen LogP contribution in [-0.4, -0.2) is 27.9 Å². The van der Waals surface area contributed by atoms with E-state index in [1.807, 2.05) is 0 Å². The molecule has 1 rings (SSSR count). The molecule has 15 heavy (non-hydrogen) atoms. The van der Waals surface area contributed by atoms with E-state index in [0.717, 1.165) is 5.56 Å². The van der Waals surface area contributed by atoms with E-state index in [9.17, 15) is 9.32 Å². The first-order valence-corrected chi connectivity index (χ1v) is 6.69. The Balaban J connectivity index is 2.44. The molecule has 0 bridgehead atoms. The maximum absolute atomic E-state index is 10.8. The molecule has 0 aromatic heterocycles. The largest absolute Gasteiger partial charge is 0.506 e. The number of hydrogen-bond acceptors (Lipinski definition) is 3. The van der Waals surface area contributed by atoms with Crippen LogP contribution in [0.15, 0.2) is 18.2 Å². The first-order chi connectivity index (χ1) is 7.11. The lowest BCUT2D eigenvalue weighted by Crippen LogP contribution is -2.19. The van der Waals surface area contributed by atoms with Crippen LogP contribution in [0, 0.1) is 0 Å². The molecule has 1 unspecified atom stereocenters. The van der Waals surface area contributed by atoms with Crippen molar-refractivity contribution < 1.29 is 9.32 Å². The van der Waals surface area contributed by atoms with Crippen LogP contribution in [0.5, 0.6) is 5.75 Å². The van der Waals surface area contributed by atoms with E-state index in [-0.39, 0.29) is 5.75 Å². The third-order valence-corrected chi connectivity index (χ3v) is 3.04. The van der Waals surface area contributed by atoms with Crippen molar-refractivity contribution in [3.8, 4) is 5.75 Å². The lowest BCUT2D eigenvalue weighted by atomic mass is 10.2. The summed E-state index contributed by atoms with van der Waals surface area (Å²) in [4.78, 5) is 0. The molecule has 84 valence electrons. The van der Waals surface area contributed by atoms with Crippen LogP contribution in [0.25, 0.3) is 0 Å². The van der Waals surface area contributed by atoms with E-state index in [0.29, 0.717) is 23.9 Å². The van der Waals surface area contributed by atoms with Crippen LogP contribution in [0.1, 0.15) is 5.56 Å². The van der Waals surface area contributed by atoms with Gasteiger partial charge in [0.1, 0.15) is 5.75 Å². The van der Waals surface area contributed by atoms with Gasteiger partial charge in [-0.3, -0.25) is 4.21 Å². The fourth-order valence-corrected chi connectivity index (χ4v) is 1.77. The third kappa shape index (κ3) is 4.20. The van der Waals surface area contributed by atoms with E-state index >= 15 is 0 Å². The van der Waals surface area contributed by atoms with Gasteiger partial charge in [-0.25, -0.2) is 0 Å². The summed E-state index contributed by atoms with van der Waals surface area (Å²) in [7, 11) is -0.784. The van der Waals surface area contributed by atoms with Crippen LogP contribution in [0.2, 0.25) is 5.02 Å².